The van der Waals surface area contributed by atoms with Gasteiger partial charge < -0.3 is 11.1 Å². The molecule has 4 rings (SSSR count). The number of nitrogens with one attached hydrogen (secondary N) is 2. The van der Waals surface area contributed by atoms with Crippen LogP contribution in [0.1, 0.15) is 11.4 Å². The fourth-order valence-electron chi connectivity index (χ4n) is 2.66. The summed E-state index contributed by atoms with van der Waals surface area (Å²) in [4.78, 5) is 9.28. The quantitative estimate of drug-likeness (QED) is 0.504. The van der Waals surface area contributed by atoms with Gasteiger partial charge >= 0.3 is 0 Å². The Morgan fingerprint density at radius 1 is 1.12 bits per heavy atom. The van der Waals surface area contributed by atoms with E-state index in [1.165, 1.54) is 0 Å². The molecule has 0 bridgehead atoms. The van der Waals surface area contributed by atoms with E-state index in [1.807, 2.05) is 60.8 Å². The van der Waals surface area contributed by atoms with Crippen LogP contribution in [0.3, 0.4) is 0 Å². The molecule has 7 heteroatoms. The molecule has 4 N–H and O–H groups in total. The number of anilines is 3. The van der Waals surface area contributed by atoms with Crippen LogP contribution >= 0.6 is 0 Å². The number of aryl methyl sites for hydroxylation is 2. The van der Waals surface area contributed by atoms with E-state index >= 15 is 0 Å². The molecule has 7 nitrogen and oxygen atoms in total. The monoisotopic (exact) mass is 319 g/mol. The van der Waals surface area contributed by atoms with Gasteiger partial charge in [-0.15, -0.1) is 0 Å². The van der Waals surface area contributed by atoms with Crippen molar-refractivity contribution >= 4 is 23.1 Å². The Morgan fingerprint density at radius 3 is 2.71 bits per heavy atom. The van der Waals surface area contributed by atoms with Crippen molar-refractivity contribution in [3.05, 3.63) is 54.0 Å². The number of aromatic amines is 1. The predicted molar refractivity (Wildman–Crippen MR) is 94.2 cm³/mol. The number of benzene rings is 1. The number of hydrogen-bond donors (Lipinski definition) is 3. The van der Waals surface area contributed by atoms with E-state index in [9.17, 15) is 0 Å². The Bertz CT molecular complexity index is 1030. The zero-order valence-electron chi connectivity index (χ0n) is 13.4. The highest BCUT2D eigenvalue weighted by Crippen LogP contribution is 2.27. The van der Waals surface area contributed by atoms with Gasteiger partial charge in [-0.05, 0) is 19.9 Å². The van der Waals surface area contributed by atoms with E-state index in [0.29, 0.717) is 17.5 Å². The number of nitrogen functional groups attached to an aromatic ring is 1. The third kappa shape index (κ3) is 2.45. The van der Waals surface area contributed by atoms with Crippen LogP contribution in [0.5, 0.6) is 0 Å². The van der Waals surface area contributed by atoms with Crippen LogP contribution in [0.15, 0.2) is 42.6 Å². The molecule has 0 saturated heterocycles. The molecule has 3 heterocycles. The second-order valence-corrected chi connectivity index (χ2v) is 5.72. The van der Waals surface area contributed by atoms with Crippen molar-refractivity contribution in [1.82, 2.24) is 24.6 Å². The lowest BCUT2D eigenvalue weighted by Crippen LogP contribution is -2.03. The fraction of sp³-hybridized carbons (Fsp3) is 0.118. The first-order valence-electron chi connectivity index (χ1n) is 7.61. The minimum absolute atomic E-state index is 0.637. The zero-order valence-corrected chi connectivity index (χ0v) is 13.4. The van der Waals surface area contributed by atoms with Crippen LogP contribution in [0, 0.1) is 13.8 Å². The van der Waals surface area contributed by atoms with Crippen molar-refractivity contribution in [2.24, 2.45) is 0 Å². The van der Waals surface area contributed by atoms with Gasteiger partial charge in [0.25, 0.3) is 0 Å². The second-order valence-electron chi connectivity index (χ2n) is 5.72. The molecule has 0 saturated carbocycles. The number of fused-ring (bicyclic) bond motifs is 1. The van der Waals surface area contributed by atoms with E-state index in [0.717, 1.165) is 28.3 Å². The lowest BCUT2D eigenvalue weighted by Gasteiger charge is -2.10. The first-order valence-corrected chi connectivity index (χ1v) is 7.61. The minimum atomic E-state index is 0.637. The smallest absolute Gasteiger partial charge is 0.215 e. The van der Waals surface area contributed by atoms with Gasteiger partial charge in [-0.3, -0.25) is 9.50 Å². The molecule has 120 valence electrons. The Hall–Kier alpha value is -3.35. The second kappa shape index (κ2) is 5.38. The lowest BCUT2D eigenvalue weighted by molar-refractivity contribution is 1.03. The number of H-pyrrole nitrogens is 1. The summed E-state index contributed by atoms with van der Waals surface area (Å²) in [5.41, 5.74) is 11.1. The van der Waals surface area contributed by atoms with Gasteiger partial charge in [0.15, 0.2) is 5.82 Å². The molecule has 0 radical (unpaired) electrons. The lowest BCUT2D eigenvalue weighted by atomic mass is 10.1. The average Bonchev–Trinajstić information content (AvgIpc) is 3.12. The molecule has 0 amide bonds. The van der Waals surface area contributed by atoms with Crippen LogP contribution in [0.25, 0.3) is 16.9 Å². The summed E-state index contributed by atoms with van der Waals surface area (Å²) in [6, 6.07) is 11.5. The number of aromatic nitrogens is 5. The minimum Gasteiger partial charge on any atom is -0.398 e. The van der Waals surface area contributed by atoms with E-state index in [-0.39, 0.29) is 0 Å². The van der Waals surface area contributed by atoms with Gasteiger partial charge in [-0.25, -0.2) is 9.97 Å². The molecular weight excluding hydrogens is 302 g/mol. The molecule has 0 fully saturated rings. The molecule has 3 aromatic heterocycles. The van der Waals surface area contributed by atoms with Crippen molar-refractivity contribution in [3.63, 3.8) is 0 Å². The van der Waals surface area contributed by atoms with Crippen LogP contribution in [-0.2, 0) is 0 Å². The molecule has 0 aliphatic rings. The SMILES string of the molecule is Cc1cn2c(Nc3cc(C)[nH]n3)nc(-c3ccccc3N)cc2n1. The third-order valence-corrected chi connectivity index (χ3v) is 3.76. The Labute approximate surface area is 138 Å². The molecule has 4 aromatic rings. The number of imidazole rings is 1. The topological polar surface area (TPSA) is 96.9 Å². The highest BCUT2D eigenvalue weighted by molar-refractivity contribution is 5.76. The third-order valence-electron chi connectivity index (χ3n) is 3.76. The largest absolute Gasteiger partial charge is 0.398 e. The molecule has 0 spiro atoms. The Morgan fingerprint density at radius 2 is 1.96 bits per heavy atom. The Balaban J connectivity index is 1.89. The standard InChI is InChI=1S/C17H17N7/c1-10-7-15(23-22-10)21-17-20-14(12-5-3-4-6-13(12)18)8-16-19-11(2)9-24(16)17/h3-9H,18H2,1-2H3,(H2,20,21,22,23). The van der Waals surface area contributed by atoms with Gasteiger partial charge in [0.1, 0.15) is 5.65 Å². The van der Waals surface area contributed by atoms with E-state index < -0.39 is 0 Å². The molecule has 0 atom stereocenters. The van der Waals surface area contributed by atoms with Gasteiger partial charge in [0.2, 0.25) is 5.95 Å². The fourth-order valence-corrected chi connectivity index (χ4v) is 2.66. The first-order chi connectivity index (χ1) is 11.6. The Kier molecular flexibility index (Phi) is 3.19. The number of nitrogens with zero attached hydrogens (tertiary/aromatic N) is 4. The summed E-state index contributed by atoms with van der Waals surface area (Å²) in [6.07, 6.45) is 1.93. The van der Waals surface area contributed by atoms with Crippen LogP contribution in [0.2, 0.25) is 0 Å². The number of rotatable bonds is 3. The summed E-state index contributed by atoms with van der Waals surface area (Å²) < 4.78 is 1.90. The van der Waals surface area contributed by atoms with Crippen molar-refractivity contribution < 1.29 is 0 Å². The van der Waals surface area contributed by atoms with Gasteiger partial charge in [-0.1, -0.05) is 18.2 Å². The molecule has 24 heavy (non-hydrogen) atoms. The zero-order chi connectivity index (χ0) is 16.7. The van der Waals surface area contributed by atoms with Gasteiger partial charge in [0, 0.05) is 35.3 Å². The van der Waals surface area contributed by atoms with Gasteiger partial charge in [0.05, 0.1) is 11.4 Å². The molecular formula is C17H17N7. The van der Waals surface area contributed by atoms with E-state index in [2.05, 4.69) is 20.5 Å². The molecule has 0 aliphatic carbocycles. The van der Waals surface area contributed by atoms with Crippen molar-refractivity contribution in [1.29, 1.82) is 0 Å². The molecule has 0 aliphatic heterocycles. The highest BCUT2D eigenvalue weighted by atomic mass is 15.3. The van der Waals surface area contributed by atoms with E-state index in [1.54, 1.807) is 0 Å². The van der Waals surface area contributed by atoms with Crippen molar-refractivity contribution in [3.8, 4) is 11.3 Å². The summed E-state index contributed by atoms with van der Waals surface area (Å²) in [7, 11) is 0. The highest BCUT2D eigenvalue weighted by Gasteiger charge is 2.12. The molecule has 0 unspecified atom stereocenters. The van der Waals surface area contributed by atoms with Crippen molar-refractivity contribution in [2.75, 3.05) is 11.1 Å². The maximum absolute atomic E-state index is 6.10. The summed E-state index contributed by atoms with van der Waals surface area (Å²) >= 11 is 0. The number of hydrogen-bond acceptors (Lipinski definition) is 5. The number of nitrogens with two attached hydrogens (primary N) is 1. The predicted octanol–water partition coefficient (Wildman–Crippen LogP) is 3.06. The first kappa shape index (κ1) is 14.3. The maximum atomic E-state index is 6.10. The normalized spacial score (nSPS) is 11.1. The van der Waals surface area contributed by atoms with Crippen LogP contribution in [0.4, 0.5) is 17.5 Å². The maximum Gasteiger partial charge on any atom is 0.215 e. The van der Waals surface area contributed by atoms with Crippen LogP contribution < -0.4 is 11.1 Å². The average molecular weight is 319 g/mol. The number of para-hydroxylation sites is 1. The van der Waals surface area contributed by atoms with E-state index in [4.69, 9.17) is 10.7 Å². The summed E-state index contributed by atoms with van der Waals surface area (Å²) in [6.45, 7) is 3.90. The molecule has 1 aromatic carbocycles. The van der Waals surface area contributed by atoms with Crippen LogP contribution in [-0.4, -0.2) is 24.6 Å². The van der Waals surface area contributed by atoms with Gasteiger partial charge in [-0.2, -0.15) is 5.10 Å². The van der Waals surface area contributed by atoms with Crippen molar-refractivity contribution in [2.45, 2.75) is 13.8 Å². The summed E-state index contributed by atoms with van der Waals surface area (Å²) in [5.74, 6) is 1.34. The summed E-state index contributed by atoms with van der Waals surface area (Å²) in [5, 5.41) is 10.4.